The largest absolute Gasteiger partial charge is 0.469 e. The molecule has 0 spiro atoms. The molecule has 1 rings (SSSR count). The summed E-state index contributed by atoms with van der Waals surface area (Å²) in [6.45, 7) is 10.7. The van der Waals surface area contributed by atoms with Crippen LogP contribution in [0.5, 0.6) is 0 Å². The highest BCUT2D eigenvalue weighted by Crippen LogP contribution is 2.39. The molecule has 0 amide bonds. The predicted octanol–water partition coefficient (Wildman–Crippen LogP) is 4.10. The van der Waals surface area contributed by atoms with Gasteiger partial charge in [0, 0.05) is 6.92 Å². The van der Waals surface area contributed by atoms with Gasteiger partial charge in [0.25, 0.3) is 0 Å². The third-order valence-corrected chi connectivity index (χ3v) is 3.19. The van der Waals surface area contributed by atoms with Crippen molar-refractivity contribution in [3.63, 3.8) is 0 Å². The van der Waals surface area contributed by atoms with Crippen LogP contribution in [0.15, 0.2) is 11.1 Å². The second-order valence-corrected chi connectivity index (χ2v) is 5.27. The maximum atomic E-state index is 9.59. The van der Waals surface area contributed by atoms with Crippen LogP contribution in [0, 0.1) is 5.41 Å². The molecule has 0 aromatic carbocycles. The second-order valence-electron chi connectivity index (χ2n) is 5.27. The average Bonchev–Trinajstić information content (AvgIpc) is 2.22. The van der Waals surface area contributed by atoms with E-state index in [4.69, 9.17) is 0 Å². The van der Waals surface area contributed by atoms with Crippen molar-refractivity contribution in [1.82, 2.24) is 0 Å². The average molecular weight is 226 g/mol. The lowest BCUT2D eigenvalue weighted by Gasteiger charge is -2.32. The number of carbonyl (C=O) groups excluding carboxylic acids is 1. The Kier molecular flexibility index (Phi) is 6.39. The molecule has 0 bridgehead atoms. The lowest BCUT2D eigenvalue weighted by Crippen LogP contribution is -2.17. The van der Waals surface area contributed by atoms with Gasteiger partial charge in [0.05, 0.1) is 7.11 Å². The molecule has 0 heterocycles. The van der Waals surface area contributed by atoms with Crippen molar-refractivity contribution in [3.8, 4) is 0 Å². The molecule has 0 atom stereocenters. The summed E-state index contributed by atoms with van der Waals surface area (Å²) in [5.74, 6) is -0.245. The topological polar surface area (TPSA) is 26.3 Å². The summed E-state index contributed by atoms with van der Waals surface area (Å²) < 4.78 is 4.11. The molecule has 2 nitrogen and oxygen atoms in total. The Labute approximate surface area is 100 Å². The zero-order valence-corrected chi connectivity index (χ0v) is 11.6. The first kappa shape index (κ1) is 15.2. The molecule has 0 saturated heterocycles. The molecule has 2 heteroatoms. The van der Waals surface area contributed by atoms with Crippen LogP contribution in [-0.4, -0.2) is 13.1 Å². The first-order valence-corrected chi connectivity index (χ1v) is 6.04. The van der Waals surface area contributed by atoms with E-state index in [0.29, 0.717) is 5.41 Å². The van der Waals surface area contributed by atoms with Gasteiger partial charge in [0.15, 0.2) is 0 Å². The van der Waals surface area contributed by atoms with Gasteiger partial charge in [-0.2, -0.15) is 0 Å². The molecule has 0 unspecified atom stereocenters. The van der Waals surface area contributed by atoms with Gasteiger partial charge in [-0.25, -0.2) is 0 Å². The lowest BCUT2D eigenvalue weighted by atomic mass is 9.74. The number of allylic oxidation sites excluding steroid dienone is 2. The fraction of sp³-hybridized carbons (Fsp3) is 0.786. The molecule has 0 N–H and O–H groups in total. The SMILES string of the molecule is CCC1=C(C)CCC(C)(C)C1.COC(C)=O. The monoisotopic (exact) mass is 226 g/mol. The van der Waals surface area contributed by atoms with Crippen LogP contribution in [0.4, 0.5) is 0 Å². The molecular formula is C14H26O2. The van der Waals surface area contributed by atoms with E-state index >= 15 is 0 Å². The van der Waals surface area contributed by atoms with Crippen LogP contribution >= 0.6 is 0 Å². The van der Waals surface area contributed by atoms with Gasteiger partial charge >= 0.3 is 5.97 Å². The third-order valence-electron chi connectivity index (χ3n) is 3.19. The van der Waals surface area contributed by atoms with E-state index in [2.05, 4.69) is 32.4 Å². The Bertz CT molecular complexity index is 262. The van der Waals surface area contributed by atoms with Crippen LogP contribution in [-0.2, 0) is 9.53 Å². The Morgan fingerprint density at radius 1 is 1.44 bits per heavy atom. The van der Waals surface area contributed by atoms with Crippen molar-refractivity contribution in [2.45, 2.75) is 60.3 Å². The molecule has 0 aliphatic heterocycles. The zero-order chi connectivity index (χ0) is 12.8. The summed E-state index contributed by atoms with van der Waals surface area (Å²) in [5, 5.41) is 0. The fourth-order valence-corrected chi connectivity index (χ4v) is 1.95. The van der Waals surface area contributed by atoms with E-state index in [1.54, 1.807) is 11.1 Å². The van der Waals surface area contributed by atoms with Crippen molar-refractivity contribution >= 4 is 5.97 Å². The maximum absolute atomic E-state index is 9.59. The minimum Gasteiger partial charge on any atom is -0.469 e. The summed E-state index contributed by atoms with van der Waals surface area (Å²) in [5.41, 5.74) is 3.94. The fourth-order valence-electron chi connectivity index (χ4n) is 1.95. The molecular weight excluding hydrogens is 200 g/mol. The van der Waals surface area contributed by atoms with Gasteiger partial charge in [-0.05, 0) is 38.0 Å². The molecule has 0 fully saturated rings. The summed E-state index contributed by atoms with van der Waals surface area (Å²) in [4.78, 5) is 9.59. The second kappa shape index (κ2) is 6.72. The summed E-state index contributed by atoms with van der Waals surface area (Å²) in [6, 6.07) is 0. The van der Waals surface area contributed by atoms with Crippen LogP contribution in [0.3, 0.4) is 0 Å². The minimum atomic E-state index is -0.245. The van der Waals surface area contributed by atoms with Crippen molar-refractivity contribution in [2.75, 3.05) is 7.11 Å². The summed E-state index contributed by atoms with van der Waals surface area (Å²) in [7, 11) is 1.35. The van der Waals surface area contributed by atoms with Crippen LogP contribution < -0.4 is 0 Å². The normalized spacial score (nSPS) is 18.6. The highest BCUT2D eigenvalue weighted by atomic mass is 16.5. The van der Waals surface area contributed by atoms with Gasteiger partial charge in [-0.1, -0.05) is 31.9 Å². The van der Waals surface area contributed by atoms with Crippen LogP contribution in [0.1, 0.15) is 60.3 Å². The first-order valence-electron chi connectivity index (χ1n) is 6.04. The Morgan fingerprint density at radius 2 is 1.94 bits per heavy atom. The number of ether oxygens (including phenoxy) is 1. The number of hydrogen-bond acceptors (Lipinski definition) is 2. The minimum absolute atomic E-state index is 0.245. The number of esters is 1. The zero-order valence-electron chi connectivity index (χ0n) is 11.6. The van der Waals surface area contributed by atoms with Crippen molar-refractivity contribution in [2.24, 2.45) is 5.41 Å². The lowest BCUT2D eigenvalue weighted by molar-refractivity contribution is -0.137. The number of hydrogen-bond donors (Lipinski definition) is 0. The maximum Gasteiger partial charge on any atom is 0.302 e. The highest BCUT2D eigenvalue weighted by molar-refractivity contribution is 5.65. The molecule has 16 heavy (non-hydrogen) atoms. The number of carbonyl (C=O) groups is 1. The van der Waals surface area contributed by atoms with Gasteiger partial charge in [0.2, 0.25) is 0 Å². The Balaban J connectivity index is 0.000000385. The summed E-state index contributed by atoms with van der Waals surface area (Å²) >= 11 is 0. The standard InChI is InChI=1S/C11H20.C3H6O2/c1-5-10-8-11(3,4)7-6-9(10)2;1-3(4)5-2/h5-8H2,1-4H3;1-2H3. The van der Waals surface area contributed by atoms with E-state index in [9.17, 15) is 4.79 Å². The quantitative estimate of drug-likeness (QED) is 0.497. The van der Waals surface area contributed by atoms with Gasteiger partial charge in [-0.15, -0.1) is 0 Å². The molecule has 0 radical (unpaired) electrons. The molecule has 1 aliphatic carbocycles. The van der Waals surface area contributed by atoms with Crippen LogP contribution in [0.2, 0.25) is 0 Å². The van der Waals surface area contributed by atoms with Gasteiger partial charge < -0.3 is 4.74 Å². The van der Waals surface area contributed by atoms with E-state index in [-0.39, 0.29) is 5.97 Å². The summed E-state index contributed by atoms with van der Waals surface area (Å²) in [6.07, 6.45) is 5.29. The van der Waals surface area contributed by atoms with E-state index in [0.717, 1.165) is 0 Å². The molecule has 0 saturated carbocycles. The highest BCUT2D eigenvalue weighted by Gasteiger charge is 2.24. The van der Waals surface area contributed by atoms with Crippen molar-refractivity contribution in [3.05, 3.63) is 11.1 Å². The molecule has 0 aromatic heterocycles. The van der Waals surface area contributed by atoms with Crippen molar-refractivity contribution in [1.29, 1.82) is 0 Å². The van der Waals surface area contributed by atoms with E-state index in [1.165, 1.54) is 39.7 Å². The van der Waals surface area contributed by atoms with Crippen molar-refractivity contribution < 1.29 is 9.53 Å². The van der Waals surface area contributed by atoms with Gasteiger partial charge in [0.1, 0.15) is 0 Å². The third kappa shape index (κ3) is 5.94. The number of rotatable bonds is 1. The molecule has 1 aliphatic rings. The Morgan fingerprint density at radius 3 is 2.25 bits per heavy atom. The van der Waals surface area contributed by atoms with E-state index in [1.807, 2.05) is 0 Å². The predicted molar refractivity (Wildman–Crippen MR) is 68.3 cm³/mol. The molecule has 94 valence electrons. The van der Waals surface area contributed by atoms with E-state index < -0.39 is 0 Å². The molecule has 0 aromatic rings. The smallest absolute Gasteiger partial charge is 0.302 e. The Hall–Kier alpha value is -0.790. The first-order chi connectivity index (χ1) is 7.32. The van der Waals surface area contributed by atoms with Gasteiger partial charge in [-0.3, -0.25) is 4.79 Å². The number of methoxy groups -OCH3 is 1. The van der Waals surface area contributed by atoms with Crippen LogP contribution in [0.25, 0.3) is 0 Å².